The molecule has 0 aliphatic carbocycles. The van der Waals surface area contributed by atoms with Crippen LogP contribution in [0.15, 0.2) is 30.3 Å². The highest BCUT2D eigenvalue weighted by Gasteiger charge is 2.15. The van der Waals surface area contributed by atoms with Crippen molar-refractivity contribution in [3.8, 4) is 0 Å². The zero-order valence-electron chi connectivity index (χ0n) is 9.95. The molecule has 1 aromatic carbocycles. The first-order chi connectivity index (χ1) is 9.51. The predicted octanol–water partition coefficient (Wildman–Crippen LogP) is 2.04. The molecular formula is C12H9F3N4O. The van der Waals surface area contributed by atoms with Crippen molar-refractivity contribution in [3.63, 3.8) is 0 Å². The van der Waals surface area contributed by atoms with Crippen molar-refractivity contribution in [1.29, 1.82) is 0 Å². The topological polar surface area (TPSA) is 80.0 Å². The lowest BCUT2D eigenvalue weighted by Gasteiger charge is -2.07. The highest BCUT2D eigenvalue weighted by molar-refractivity contribution is 6.03. The maximum absolute atomic E-state index is 13.4. The zero-order chi connectivity index (χ0) is 14.7. The number of hydrogen-bond acceptors (Lipinski definition) is 4. The molecule has 8 heteroatoms. The number of pyridine rings is 1. The van der Waals surface area contributed by atoms with E-state index in [2.05, 4.69) is 10.4 Å². The number of rotatable bonds is 3. The number of nitrogens with two attached hydrogens (primary N) is 1. The summed E-state index contributed by atoms with van der Waals surface area (Å²) in [6, 6.07) is 5.37. The Balaban J connectivity index is 2.27. The first kappa shape index (κ1) is 13.8. The second-order valence-corrected chi connectivity index (χ2v) is 3.76. The molecule has 0 saturated heterocycles. The number of halogens is 3. The van der Waals surface area contributed by atoms with Crippen molar-refractivity contribution in [3.05, 3.63) is 53.5 Å². The van der Waals surface area contributed by atoms with Crippen LogP contribution in [0.2, 0.25) is 0 Å². The lowest BCUT2D eigenvalue weighted by Crippen LogP contribution is -2.17. The van der Waals surface area contributed by atoms with Gasteiger partial charge >= 0.3 is 0 Å². The molecule has 1 aromatic heterocycles. The quantitative estimate of drug-likeness (QED) is 0.457. The molecule has 20 heavy (non-hydrogen) atoms. The van der Waals surface area contributed by atoms with E-state index in [1.807, 2.05) is 5.32 Å². The van der Waals surface area contributed by atoms with Crippen LogP contribution in [0.1, 0.15) is 10.5 Å². The number of nitrogens with zero attached hydrogens (tertiary/aromatic N) is 1. The maximum Gasteiger partial charge on any atom is 0.274 e. The van der Waals surface area contributed by atoms with Gasteiger partial charge in [0.2, 0.25) is 0 Å². The molecule has 2 aromatic rings. The molecule has 0 unspecified atom stereocenters. The summed E-state index contributed by atoms with van der Waals surface area (Å²) in [6.07, 6.45) is 0. The van der Waals surface area contributed by atoms with Crippen LogP contribution in [-0.2, 0) is 0 Å². The second-order valence-electron chi connectivity index (χ2n) is 3.76. The fourth-order valence-electron chi connectivity index (χ4n) is 1.47. The van der Waals surface area contributed by atoms with E-state index in [4.69, 9.17) is 5.84 Å². The van der Waals surface area contributed by atoms with E-state index in [1.54, 1.807) is 0 Å². The van der Waals surface area contributed by atoms with E-state index in [0.717, 1.165) is 0 Å². The summed E-state index contributed by atoms with van der Waals surface area (Å²) in [6.45, 7) is 0. The molecule has 0 aliphatic heterocycles. The molecule has 0 radical (unpaired) electrons. The third kappa shape index (κ3) is 2.86. The van der Waals surface area contributed by atoms with Gasteiger partial charge in [0.1, 0.15) is 17.3 Å². The standard InChI is InChI=1S/C12H9F3N4O/c13-6-4-7(14)11(15)9(5-6)18-12(20)8-2-1-3-10(17-8)19-16/h1-5H,16H2,(H,17,19)(H,18,20). The Hall–Kier alpha value is -2.61. The van der Waals surface area contributed by atoms with Crippen molar-refractivity contribution >= 4 is 17.4 Å². The average molecular weight is 282 g/mol. The van der Waals surface area contributed by atoms with E-state index in [1.165, 1.54) is 18.2 Å². The summed E-state index contributed by atoms with van der Waals surface area (Å²) in [5.41, 5.74) is 1.53. The van der Waals surface area contributed by atoms with Gasteiger partial charge in [-0.15, -0.1) is 0 Å². The van der Waals surface area contributed by atoms with Gasteiger partial charge in [-0.3, -0.25) is 4.79 Å². The van der Waals surface area contributed by atoms with Gasteiger partial charge < -0.3 is 10.7 Å². The van der Waals surface area contributed by atoms with Crippen LogP contribution in [0.3, 0.4) is 0 Å². The molecule has 0 atom stereocenters. The van der Waals surface area contributed by atoms with Gasteiger partial charge in [0, 0.05) is 12.1 Å². The minimum absolute atomic E-state index is 0.0930. The summed E-state index contributed by atoms with van der Waals surface area (Å²) in [5.74, 6) is 0.755. The number of nitrogens with one attached hydrogen (secondary N) is 2. The molecule has 2 rings (SSSR count). The normalized spacial score (nSPS) is 10.2. The maximum atomic E-state index is 13.4. The number of nitrogen functional groups attached to an aromatic ring is 1. The summed E-state index contributed by atoms with van der Waals surface area (Å²) >= 11 is 0. The second kappa shape index (κ2) is 5.57. The van der Waals surface area contributed by atoms with Gasteiger partial charge in [-0.2, -0.15) is 0 Å². The third-order valence-electron chi connectivity index (χ3n) is 2.37. The fraction of sp³-hybridized carbons (Fsp3) is 0. The van der Waals surface area contributed by atoms with Crippen LogP contribution in [0.25, 0.3) is 0 Å². The van der Waals surface area contributed by atoms with E-state index in [-0.39, 0.29) is 11.5 Å². The molecule has 0 bridgehead atoms. The van der Waals surface area contributed by atoms with Crippen LogP contribution in [0.4, 0.5) is 24.7 Å². The van der Waals surface area contributed by atoms with Gasteiger partial charge in [-0.1, -0.05) is 6.07 Å². The SMILES string of the molecule is NNc1cccc(C(=O)Nc2cc(F)cc(F)c2F)n1. The van der Waals surface area contributed by atoms with Crippen LogP contribution in [-0.4, -0.2) is 10.9 Å². The lowest BCUT2D eigenvalue weighted by molar-refractivity contribution is 0.102. The summed E-state index contributed by atoms with van der Waals surface area (Å²) in [5, 5.41) is 2.03. The molecule has 0 fully saturated rings. The third-order valence-corrected chi connectivity index (χ3v) is 2.37. The summed E-state index contributed by atoms with van der Waals surface area (Å²) < 4.78 is 39.4. The summed E-state index contributed by atoms with van der Waals surface area (Å²) in [4.78, 5) is 15.6. The number of aromatic nitrogens is 1. The Morgan fingerprint density at radius 1 is 1.20 bits per heavy atom. The van der Waals surface area contributed by atoms with E-state index in [9.17, 15) is 18.0 Å². The lowest BCUT2D eigenvalue weighted by atomic mass is 10.2. The van der Waals surface area contributed by atoms with Gasteiger partial charge in [-0.25, -0.2) is 24.0 Å². The summed E-state index contributed by atoms with van der Waals surface area (Å²) in [7, 11) is 0. The number of carbonyl (C=O) groups is 1. The van der Waals surface area contributed by atoms with E-state index >= 15 is 0 Å². The van der Waals surface area contributed by atoms with Crippen LogP contribution in [0, 0.1) is 17.5 Å². The smallest absolute Gasteiger partial charge is 0.274 e. The number of carbonyl (C=O) groups excluding carboxylic acids is 1. The van der Waals surface area contributed by atoms with Crippen molar-refractivity contribution in [2.75, 3.05) is 10.7 Å². The molecule has 5 nitrogen and oxygen atoms in total. The molecule has 4 N–H and O–H groups in total. The van der Waals surface area contributed by atoms with Crippen molar-refractivity contribution in [2.24, 2.45) is 5.84 Å². The number of anilines is 2. The molecule has 0 aliphatic rings. The minimum Gasteiger partial charge on any atom is -0.318 e. The molecule has 0 spiro atoms. The molecule has 0 saturated carbocycles. The Morgan fingerprint density at radius 2 is 1.95 bits per heavy atom. The number of benzene rings is 1. The zero-order valence-corrected chi connectivity index (χ0v) is 9.95. The highest BCUT2D eigenvalue weighted by Crippen LogP contribution is 2.19. The van der Waals surface area contributed by atoms with Gasteiger partial charge in [0.05, 0.1) is 5.69 Å². The van der Waals surface area contributed by atoms with Crippen LogP contribution >= 0.6 is 0 Å². The van der Waals surface area contributed by atoms with Crippen molar-refractivity contribution < 1.29 is 18.0 Å². The Kier molecular flexibility index (Phi) is 3.85. The largest absolute Gasteiger partial charge is 0.318 e. The van der Waals surface area contributed by atoms with E-state index in [0.29, 0.717) is 12.1 Å². The number of amides is 1. The van der Waals surface area contributed by atoms with Gasteiger partial charge in [0.15, 0.2) is 11.6 Å². The molecular weight excluding hydrogens is 273 g/mol. The van der Waals surface area contributed by atoms with E-state index < -0.39 is 29.0 Å². The Labute approximate surface area is 111 Å². The number of hydrogen-bond donors (Lipinski definition) is 3. The van der Waals surface area contributed by atoms with Crippen molar-refractivity contribution in [1.82, 2.24) is 4.98 Å². The monoisotopic (exact) mass is 282 g/mol. The van der Waals surface area contributed by atoms with Crippen LogP contribution in [0.5, 0.6) is 0 Å². The fourth-order valence-corrected chi connectivity index (χ4v) is 1.47. The first-order valence-electron chi connectivity index (χ1n) is 5.41. The number of hydrazine groups is 1. The molecule has 1 amide bonds. The minimum atomic E-state index is -1.40. The molecule has 104 valence electrons. The van der Waals surface area contributed by atoms with Crippen molar-refractivity contribution in [2.45, 2.75) is 0 Å². The Morgan fingerprint density at radius 3 is 2.65 bits per heavy atom. The van der Waals surface area contributed by atoms with Gasteiger partial charge in [0.25, 0.3) is 5.91 Å². The molecule has 1 heterocycles. The first-order valence-corrected chi connectivity index (χ1v) is 5.41. The van der Waals surface area contributed by atoms with Gasteiger partial charge in [-0.05, 0) is 12.1 Å². The highest BCUT2D eigenvalue weighted by atomic mass is 19.2. The Bertz CT molecular complexity index is 663. The average Bonchev–Trinajstić information content (AvgIpc) is 2.44. The van der Waals surface area contributed by atoms with Crippen LogP contribution < -0.4 is 16.6 Å². The predicted molar refractivity (Wildman–Crippen MR) is 66.3 cm³/mol.